The van der Waals surface area contributed by atoms with Gasteiger partial charge < -0.3 is 13.7 Å². The second-order valence-electron chi connectivity index (χ2n) is 38.8. The molecule has 3 heterocycles. The van der Waals surface area contributed by atoms with Crippen LogP contribution >= 0.6 is 0 Å². The summed E-state index contributed by atoms with van der Waals surface area (Å²) in [5.74, 6) is 0. The summed E-state index contributed by atoms with van der Waals surface area (Å²) < 4.78 is 7.38. The Balaban J connectivity index is 0.000000103. The maximum atomic E-state index is 2.46. The Hall–Kier alpha value is -19.1. The average molecular weight is 1840 g/mol. The van der Waals surface area contributed by atoms with E-state index in [1.807, 2.05) is 0 Å². The molecule has 0 bridgehead atoms. The number of para-hydroxylation sites is 3. The second kappa shape index (κ2) is 33.9. The minimum atomic E-state index is 1.21. The van der Waals surface area contributed by atoms with Gasteiger partial charge in [0, 0.05) is 48.5 Å². The van der Waals surface area contributed by atoms with Crippen LogP contribution in [0.1, 0.15) is 0 Å². The first-order valence-electron chi connectivity index (χ1n) is 50.2. The number of benzene rings is 28. The molecule has 0 aliphatic rings. The molecule has 0 saturated heterocycles. The molecule has 0 spiro atoms. The van der Waals surface area contributed by atoms with E-state index in [1.165, 1.54) is 289 Å². The Kier molecular flexibility index (Phi) is 19.4. The van der Waals surface area contributed by atoms with Gasteiger partial charge in [0.2, 0.25) is 0 Å². The van der Waals surface area contributed by atoms with Crippen molar-refractivity contribution in [1.82, 2.24) is 13.7 Å². The van der Waals surface area contributed by atoms with Crippen LogP contribution in [0.2, 0.25) is 0 Å². The van der Waals surface area contributed by atoms with Crippen molar-refractivity contribution < 1.29 is 0 Å². The molecule has 0 fully saturated rings. The SMILES string of the molecule is c1cc(-c2ccc3c(ccc4ccccc43)c2)cc(-c2ccc3c(c2)c2ccccc2n3-c2cc3ccccc3c3ccccc23)c1.c1cc(-c2ccc3c4ccccc4c4ccccc4c3c2)cc(-c2ccc3c(c2)c2ccccc2n3-c2cc3ccccc3c3ccccc23)c1.c1cc(-c2ccc3ccc4ccccc4c3c2)cc(-c2ccc3c(c2)c2ccccc2n3-c2cc3ccccc3c3ccccc23)c1. The summed E-state index contributed by atoms with van der Waals surface area (Å²) in [5, 5.41) is 40.9. The highest BCUT2D eigenvalue weighted by Crippen LogP contribution is 2.48. The third-order valence-corrected chi connectivity index (χ3v) is 30.8. The molecular formula is C142H89N3. The van der Waals surface area contributed by atoms with E-state index < -0.39 is 0 Å². The highest BCUT2D eigenvalue weighted by atomic mass is 15.0. The van der Waals surface area contributed by atoms with Crippen molar-refractivity contribution in [2.24, 2.45) is 0 Å². The maximum Gasteiger partial charge on any atom is 0.0546 e. The summed E-state index contributed by atoms with van der Waals surface area (Å²) in [7, 11) is 0. The lowest BCUT2D eigenvalue weighted by Crippen LogP contribution is -1.96. The van der Waals surface area contributed by atoms with Crippen molar-refractivity contribution in [2.45, 2.75) is 0 Å². The number of fused-ring (bicyclic) bond motifs is 30. The molecule has 0 amide bonds. The minimum absolute atomic E-state index is 1.21. The normalized spacial score (nSPS) is 11.9. The molecule has 0 aliphatic carbocycles. The van der Waals surface area contributed by atoms with Crippen molar-refractivity contribution in [1.29, 1.82) is 0 Å². The molecule has 3 nitrogen and oxygen atoms in total. The van der Waals surface area contributed by atoms with E-state index in [0.717, 1.165) is 0 Å². The Bertz CT molecular complexity index is 10800. The largest absolute Gasteiger partial charge is 0.309 e. The zero-order chi connectivity index (χ0) is 95.3. The van der Waals surface area contributed by atoms with Gasteiger partial charge in [-0.05, 0) is 300 Å². The van der Waals surface area contributed by atoms with Crippen LogP contribution in [-0.4, -0.2) is 13.7 Å². The van der Waals surface area contributed by atoms with Gasteiger partial charge in [0.1, 0.15) is 0 Å². The van der Waals surface area contributed by atoms with Crippen LogP contribution in [0.15, 0.2) is 540 Å². The van der Waals surface area contributed by atoms with E-state index in [4.69, 9.17) is 0 Å². The Morgan fingerprint density at radius 2 is 0.269 bits per heavy atom. The van der Waals surface area contributed by atoms with Gasteiger partial charge >= 0.3 is 0 Å². The Morgan fingerprint density at radius 1 is 0.0828 bits per heavy atom. The van der Waals surface area contributed by atoms with Crippen LogP contribution in [0, 0.1) is 0 Å². The van der Waals surface area contributed by atoms with Gasteiger partial charge in [-0.3, -0.25) is 0 Å². The number of hydrogen-bond acceptors (Lipinski definition) is 0. The standard InChI is InChI=1S/C50H31N.2C46H29N/c1-2-15-37-36(12-1)31-50(44-21-8-7-16-38(37)44)51-48-23-10-9-22-45(48)47-30-35(25-27-49(47)51)33-14-11-13-32(28-33)34-24-26-43-41-19-4-3-17-39(41)40-18-5-6-20-42(40)46(43)29-34;1-3-14-37-30(10-1)20-21-36-27-33(22-24-39(36)37)31-12-9-13-32(26-31)34-23-25-45-43(28-34)42-18-7-8-19-44(42)47(45)46-29-35-11-2-4-15-38(35)40-16-5-6-17-41(40)46;1-3-14-37-30(10-1)20-21-31-22-23-34(27-42(31)37)32-12-9-13-33(26-32)35-24-25-45-43(28-35)41-18-7-8-19-44(41)47(45)46-29-36-11-2-4-15-38(36)39-16-5-6-17-40(39)46/h1-31H;2*1-29H. The van der Waals surface area contributed by atoms with Crippen molar-refractivity contribution >= 4 is 205 Å². The lowest BCUT2D eigenvalue weighted by molar-refractivity contribution is 1.20. The zero-order valence-corrected chi connectivity index (χ0v) is 79.2. The van der Waals surface area contributed by atoms with E-state index in [0.29, 0.717) is 0 Å². The quantitative estimate of drug-likeness (QED) is 0.128. The molecule has 3 aromatic heterocycles. The highest BCUT2D eigenvalue weighted by Gasteiger charge is 2.24. The molecule has 31 aromatic rings. The Labute approximate surface area is 836 Å². The Morgan fingerprint density at radius 3 is 0.621 bits per heavy atom. The van der Waals surface area contributed by atoms with Crippen molar-refractivity contribution in [3.63, 3.8) is 0 Å². The molecule has 672 valence electrons. The second-order valence-corrected chi connectivity index (χ2v) is 38.8. The lowest BCUT2D eigenvalue weighted by atomic mass is 9.91. The first-order chi connectivity index (χ1) is 71.9. The zero-order valence-electron chi connectivity index (χ0n) is 79.2. The summed E-state index contributed by atoms with van der Waals surface area (Å²) in [6.45, 7) is 0. The number of rotatable bonds is 9. The van der Waals surface area contributed by atoms with Gasteiger partial charge in [-0.15, -0.1) is 0 Å². The lowest BCUT2D eigenvalue weighted by Gasteiger charge is -2.14. The van der Waals surface area contributed by atoms with Crippen molar-refractivity contribution in [3.8, 4) is 83.8 Å². The summed E-state index contributed by atoms with van der Waals surface area (Å²) in [4.78, 5) is 0. The van der Waals surface area contributed by atoms with E-state index in [9.17, 15) is 0 Å². The summed E-state index contributed by atoms with van der Waals surface area (Å²) >= 11 is 0. The van der Waals surface area contributed by atoms with Crippen molar-refractivity contribution in [3.05, 3.63) is 540 Å². The van der Waals surface area contributed by atoms with Crippen LogP contribution in [0.4, 0.5) is 0 Å². The van der Waals surface area contributed by atoms with Crippen LogP contribution in [0.5, 0.6) is 0 Å². The van der Waals surface area contributed by atoms with Gasteiger partial charge in [0.15, 0.2) is 0 Å². The monoisotopic (exact) mass is 1840 g/mol. The fraction of sp³-hybridized carbons (Fsp3) is 0. The molecule has 28 aromatic carbocycles. The first-order valence-corrected chi connectivity index (χ1v) is 50.2. The number of aromatic nitrogens is 3. The minimum Gasteiger partial charge on any atom is -0.309 e. The molecule has 0 atom stereocenters. The first kappa shape index (κ1) is 83.0. The smallest absolute Gasteiger partial charge is 0.0546 e. The average Bonchev–Trinajstić information content (AvgIpc) is 1.74. The third kappa shape index (κ3) is 13.8. The molecule has 31 rings (SSSR count). The summed E-state index contributed by atoms with van der Waals surface area (Å²) in [6.07, 6.45) is 0. The van der Waals surface area contributed by atoms with Crippen LogP contribution in [0.25, 0.3) is 289 Å². The maximum absolute atomic E-state index is 2.46. The molecule has 0 N–H and O–H groups in total. The van der Waals surface area contributed by atoms with E-state index in [1.54, 1.807) is 0 Å². The predicted octanol–water partition coefficient (Wildman–Crippen LogP) is 39.3. The third-order valence-electron chi connectivity index (χ3n) is 30.8. The number of nitrogens with zero attached hydrogens (tertiary/aromatic N) is 3. The van der Waals surface area contributed by atoms with E-state index >= 15 is 0 Å². The van der Waals surface area contributed by atoms with Gasteiger partial charge in [0.05, 0.1) is 50.2 Å². The van der Waals surface area contributed by atoms with Gasteiger partial charge in [0.25, 0.3) is 0 Å². The van der Waals surface area contributed by atoms with Gasteiger partial charge in [-0.1, -0.05) is 431 Å². The summed E-state index contributed by atoms with van der Waals surface area (Å²) in [5.41, 5.74) is 25.6. The van der Waals surface area contributed by atoms with Crippen LogP contribution in [-0.2, 0) is 0 Å². The summed E-state index contributed by atoms with van der Waals surface area (Å²) in [6, 6.07) is 198. The van der Waals surface area contributed by atoms with E-state index in [-0.39, 0.29) is 0 Å². The van der Waals surface area contributed by atoms with Crippen molar-refractivity contribution in [2.75, 3.05) is 0 Å². The fourth-order valence-electron chi connectivity index (χ4n) is 24.0. The number of hydrogen-bond donors (Lipinski definition) is 0. The molecule has 0 unspecified atom stereocenters. The predicted molar refractivity (Wildman–Crippen MR) is 623 cm³/mol. The molecule has 3 heteroatoms. The van der Waals surface area contributed by atoms with Crippen LogP contribution < -0.4 is 0 Å². The molecule has 0 aliphatic heterocycles. The molecule has 0 radical (unpaired) electrons. The topological polar surface area (TPSA) is 14.8 Å². The van der Waals surface area contributed by atoms with Crippen LogP contribution in [0.3, 0.4) is 0 Å². The molecule has 145 heavy (non-hydrogen) atoms. The molecular weight excluding hydrogens is 1750 g/mol. The van der Waals surface area contributed by atoms with Gasteiger partial charge in [-0.25, -0.2) is 0 Å². The highest BCUT2D eigenvalue weighted by molar-refractivity contribution is 6.27. The van der Waals surface area contributed by atoms with E-state index in [2.05, 4.69) is 554 Å². The van der Waals surface area contributed by atoms with Gasteiger partial charge in [-0.2, -0.15) is 0 Å². The fourth-order valence-corrected chi connectivity index (χ4v) is 24.0. The molecule has 0 saturated carbocycles.